The summed E-state index contributed by atoms with van der Waals surface area (Å²) in [6.45, 7) is 0. The molecule has 0 aliphatic rings. The van der Waals surface area contributed by atoms with Gasteiger partial charge in [-0.1, -0.05) is 55.6 Å². The van der Waals surface area contributed by atoms with E-state index in [1.165, 1.54) is 14.2 Å². The van der Waals surface area contributed by atoms with Crippen molar-refractivity contribution in [3.63, 3.8) is 0 Å². The smallest absolute Gasteiger partial charge is 0.0701 e. The molecule has 0 aliphatic heterocycles. The molecule has 0 bridgehead atoms. The quantitative estimate of drug-likeness (QED) is 0.426. The van der Waals surface area contributed by atoms with Gasteiger partial charge in [0.15, 0.2) is 0 Å². The van der Waals surface area contributed by atoms with Gasteiger partial charge >= 0.3 is 0 Å². The zero-order valence-electron chi connectivity index (χ0n) is 10.0. The average Bonchev–Trinajstić information content (AvgIpc) is 2.82. The second-order valence-electron chi connectivity index (χ2n) is 4.44. The zero-order valence-corrected chi connectivity index (χ0v) is 16.3. The molecule has 0 atom stereocenters. The molecule has 0 unspecified atom stereocenters. The molecule has 1 aromatic heterocycles. The summed E-state index contributed by atoms with van der Waals surface area (Å²) in [6.07, 6.45) is 1.00. The second kappa shape index (κ2) is 7.08. The van der Waals surface area contributed by atoms with Gasteiger partial charge in [0.25, 0.3) is 0 Å². The SMILES string of the molecule is Clc1ccc(C(CBr)(CBr)Cc2ccc(Br)s2)cc1. The van der Waals surface area contributed by atoms with Gasteiger partial charge in [0.1, 0.15) is 0 Å². The predicted molar refractivity (Wildman–Crippen MR) is 96.4 cm³/mol. The highest BCUT2D eigenvalue weighted by Crippen LogP contribution is 2.36. The lowest BCUT2D eigenvalue weighted by Crippen LogP contribution is -2.32. The Morgan fingerprint density at radius 3 is 2.11 bits per heavy atom. The van der Waals surface area contributed by atoms with E-state index in [1.807, 2.05) is 12.1 Å². The van der Waals surface area contributed by atoms with Crippen LogP contribution >= 0.6 is 70.7 Å². The Kier molecular flexibility index (Phi) is 5.97. The first-order valence-electron chi connectivity index (χ1n) is 5.72. The molecule has 5 heteroatoms. The first-order valence-corrected chi connectivity index (χ1v) is 9.95. The van der Waals surface area contributed by atoms with Crippen LogP contribution in [-0.2, 0) is 11.8 Å². The molecule has 19 heavy (non-hydrogen) atoms. The zero-order chi connectivity index (χ0) is 13.9. The van der Waals surface area contributed by atoms with E-state index in [-0.39, 0.29) is 5.41 Å². The van der Waals surface area contributed by atoms with Gasteiger partial charge < -0.3 is 0 Å². The molecular formula is C14H12Br3ClS. The summed E-state index contributed by atoms with van der Waals surface area (Å²) in [4.78, 5) is 1.38. The van der Waals surface area contributed by atoms with Crippen LogP contribution in [0, 0.1) is 0 Å². The minimum Gasteiger partial charge on any atom is -0.133 e. The predicted octanol–water partition coefficient (Wildman–Crippen LogP) is 6.43. The number of hydrogen-bond donors (Lipinski definition) is 0. The molecule has 0 spiro atoms. The molecule has 0 N–H and O–H groups in total. The van der Waals surface area contributed by atoms with Gasteiger partial charge in [0.05, 0.1) is 3.79 Å². The van der Waals surface area contributed by atoms with E-state index in [0.29, 0.717) is 0 Å². The Hall–Kier alpha value is 0.650. The molecule has 0 fully saturated rings. The normalized spacial score (nSPS) is 11.8. The van der Waals surface area contributed by atoms with E-state index in [9.17, 15) is 0 Å². The van der Waals surface area contributed by atoms with Crippen LogP contribution in [0.3, 0.4) is 0 Å². The molecule has 0 aliphatic carbocycles. The van der Waals surface area contributed by atoms with Crippen molar-refractivity contribution >= 4 is 70.7 Å². The van der Waals surface area contributed by atoms with Crippen molar-refractivity contribution in [1.82, 2.24) is 0 Å². The molecule has 1 heterocycles. The van der Waals surface area contributed by atoms with Gasteiger partial charge in [-0.05, 0) is 52.2 Å². The van der Waals surface area contributed by atoms with E-state index in [2.05, 4.69) is 72.1 Å². The Morgan fingerprint density at radius 2 is 1.63 bits per heavy atom. The maximum Gasteiger partial charge on any atom is 0.0701 e. The maximum absolute atomic E-state index is 5.98. The van der Waals surface area contributed by atoms with Crippen LogP contribution in [-0.4, -0.2) is 10.7 Å². The minimum atomic E-state index is 0.0505. The van der Waals surface area contributed by atoms with Crippen molar-refractivity contribution in [3.8, 4) is 0 Å². The van der Waals surface area contributed by atoms with Crippen molar-refractivity contribution in [2.75, 3.05) is 10.7 Å². The monoisotopic (exact) mass is 484 g/mol. The molecule has 0 nitrogen and oxygen atoms in total. The fourth-order valence-electron chi connectivity index (χ4n) is 1.97. The lowest BCUT2D eigenvalue weighted by Gasteiger charge is -2.30. The minimum absolute atomic E-state index is 0.0505. The van der Waals surface area contributed by atoms with Crippen molar-refractivity contribution in [1.29, 1.82) is 0 Å². The van der Waals surface area contributed by atoms with Gasteiger partial charge in [-0.15, -0.1) is 11.3 Å². The van der Waals surface area contributed by atoms with Crippen molar-refractivity contribution in [2.45, 2.75) is 11.8 Å². The van der Waals surface area contributed by atoms with Gasteiger partial charge in [-0.25, -0.2) is 0 Å². The number of thiophene rings is 1. The first-order chi connectivity index (χ1) is 9.09. The molecule has 0 amide bonds. The molecule has 2 aromatic rings. The Balaban J connectivity index is 2.33. The molecule has 0 radical (unpaired) electrons. The highest BCUT2D eigenvalue weighted by atomic mass is 79.9. The molecule has 0 saturated carbocycles. The van der Waals surface area contributed by atoms with Gasteiger partial charge in [0.2, 0.25) is 0 Å². The molecule has 102 valence electrons. The number of halogens is 4. The molecule has 1 aromatic carbocycles. The molecular weight excluding hydrogens is 475 g/mol. The summed E-state index contributed by atoms with van der Waals surface area (Å²) in [6, 6.07) is 12.4. The van der Waals surface area contributed by atoms with Gasteiger partial charge in [-0.2, -0.15) is 0 Å². The van der Waals surface area contributed by atoms with E-state index in [4.69, 9.17) is 11.6 Å². The van der Waals surface area contributed by atoms with Crippen LogP contribution in [0.5, 0.6) is 0 Å². The average molecular weight is 487 g/mol. The fourth-order valence-corrected chi connectivity index (χ4v) is 5.70. The number of rotatable bonds is 5. The Labute approximate surface area is 147 Å². The van der Waals surface area contributed by atoms with Gasteiger partial charge in [0, 0.05) is 26.0 Å². The molecule has 2 rings (SSSR count). The third-order valence-corrected chi connectivity index (χ3v) is 7.13. The van der Waals surface area contributed by atoms with E-state index < -0.39 is 0 Å². The van der Waals surface area contributed by atoms with Crippen LogP contribution in [0.2, 0.25) is 5.02 Å². The number of benzene rings is 1. The van der Waals surface area contributed by atoms with Gasteiger partial charge in [-0.3, -0.25) is 0 Å². The summed E-state index contributed by atoms with van der Waals surface area (Å²) >= 11 is 18.7. The first kappa shape index (κ1) is 16.0. The lowest BCUT2D eigenvalue weighted by atomic mass is 9.81. The lowest BCUT2D eigenvalue weighted by molar-refractivity contribution is 0.556. The topological polar surface area (TPSA) is 0 Å². The van der Waals surface area contributed by atoms with E-state index >= 15 is 0 Å². The fraction of sp³-hybridized carbons (Fsp3) is 0.286. The Bertz CT molecular complexity index is 532. The highest BCUT2D eigenvalue weighted by Gasteiger charge is 2.31. The summed E-state index contributed by atoms with van der Waals surface area (Å²) in [5.74, 6) is 0. The standard InChI is InChI=1S/C14H12Br3ClS/c15-8-14(9-16,7-12-5-6-13(17)19-12)10-1-3-11(18)4-2-10/h1-6H,7-9H2. The summed E-state index contributed by atoms with van der Waals surface area (Å²) < 4.78 is 1.18. The van der Waals surface area contributed by atoms with Crippen molar-refractivity contribution in [2.24, 2.45) is 0 Å². The third-order valence-electron chi connectivity index (χ3n) is 3.11. The summed E-state index contributed by atoms with van der Waals surface area (Å²) in [5.41, 5.74) is 1.35. The third kappa shape index (κ3) is 3.85. The van der Waals surface area contributed by atoms with Crippen molar-refractivity contribution in [3.05, 3.63) is 55.6 Å². The second-order valence-corrected chi connectivity index (χ2v) is 8.54. The van der Waals surface area contributed by atoms with E-state index in [0.717, 1.165) is 22.1 Å². The van der Waals surface area contributed by atoms with Crippen LogP contribution in [0.4, 0.5) is 0 Å². The van der Waals surface area contributed by atoms with E-state index in [1.54, 1.807) is 11.3 Å². The largest absolute Gasteiger partial charge is 0.133 e. The van der Waals surface area contributed by atoms with Crippen LogP contribution in [0.1, 0.15) is 10.4 Å². The summed E-state index contributed by atoms with van der Waals surface area (Å²) in [7, 11) is 0. The highest BCUT2D eigenvalue weighted by molar-refractivity contribution is 9.11. The number of alkyl halides is 2. The van der Waals surface area contributed by atoms with Crippen LogP contribution < -0.4 is 0 Å². The van der Waals surface area contributed by atoms with Crippen LogP contribution in [0.15, 0.2) is 40.2 Å². The Morgan fingerprint density at radius 1 is 1.00 bits per heavy atom. The van der Waals surface area contributed by atoms with Crippen LogP contribution in [0.25, 0.3) is 0 Å². The summed E-state index contributed by atoms with van der Waals surface area (Å²) in [5, 5.41) is 2.59. The maximum atomic E-state index is 5.98. The molecule has 0 saturated heterocycles. The number of hydrogen-bond acceptors (Lipinski definition) is 1. The van der Waals surface area contributed by atoms with Crippen molar-refractivity contribution < 1.29 is 0 Å².